The van der Waals surface area contributed by atoms with E-state index in [4.69, 9.17) is 5.73 Å². The molecule has 0 aliphatic carbocycles. The van der Waals surface area contributed by atoms with Crippen LogP contribution in [0.5, 0.6) is 0 Å². The van der Waals surface area contributed by atoms with Gasteiger partial charge in [-0.25, -0.2) is 4.39 Å². The molecule has 2 rings (SSSR count). The van der Waals surface area contributed by atoms with E-state index in [1.807, 2.05) is 4.90 Å². The first kappa shape index (κ1) is 15.1. The van der Waals surface area contributed by atoms with Gasteiger partial charge in [0.25, 0.3) is 0 Å². The summed E-state index contributed by atoms with van der Waals surface area (Å²) < 4.78 is 51.6. The van der Waals surface area contributed by atoms with E-state index in [1.54, 1.807) is 0 Å². The van der Waals surface area contributed by atoms with Gasteiger partial charge in [-0.2, -0.15) is 13.2 Å². The number of nitrogens with two attached hydrogens (primary N) is 1. The van der Waals surface area contributed by atoms with Gasteiger partial charge < -0.3 is 10.6 Å². The normalized spacial score (nSPS) is 20.2. The molecular formula is C14H18F4N2. The van der Waals surface area contributed by atoms with Gasteiger partial charge in [0.05, 0.1) is 11.3 Å². The Labute approximate surface area is 115 Å². The standard InChI is InChI=1S/C14H18F4N2/c15-12-9-10(14(16,17)18)4-5-13(12)20-8-2-1-3-11(20)6-7-19/h4-5,9,11H,1-3,6-8,19H2. The van der Waals surface area contributed by atoms with Gasteiger partial charge in [-0.15, -0.1) is 0 Å². The van der Waals surface area contributed by atoms with Crippen LogP contribution >= 0.6 is 0 Å². The molecule has 1 aromatic rings. The van der Waals surface area contributed by atoms with Crippen LogP contribution in [-0.2, 0) is 6.18 Å². The molecular weight excluding hydrogens is 272 g/mol. The summed E-state index contributed by atoms with van der Waals surface area (Å²) in [5, 5.41) is 0. The molecule has 0 aromatic heterocycles. The Morgan fingerprint density at radius 2 is 2.00 bits per heavy atom. The highest BCUT2D eigenvalue weighted by molar-refractivity contribution is 5.51. The number of hydrogen-bond acceptors (Lipinski definition) is 2. The zero-order valence-corrected chi connectivity index (χ0v) is 11.1. The summed E-state index contributed by atoms with van der Waals surface area (Å²) in [5.41, 5.74) is 4.84. The fraction of sp³-hybridized carbons (Fsp3) is 0.571. The van der Waals surface area contributed by atoms with Crippen LogP contribution in [-0.4, -0.2) is 19.1 Å². The Bertz CT molecular complexity index is 457. The molecule has 112 valence electrons. The van der Waals surface area contributed by atoms with Crippen molar-refractivity contribution >= 4 is 5.69 Å². The molecule has 0 spiro atoms. The topological polar surface area (TPSA) is 29.3 Å². The van der Waals surface area contributed by atoms with E-state index in [0.29, 0.717) is 19.2 Å². The molecule has 1 aliphatic heterocycles. The minimum Gasteiger partial charge on any atom is -0.366 e. The first-order chi connectivity index (χ1) is 9.43. The third-order valence-corrected chi connectivity index (χ3v) is 3.71. The van der Waals surface area contributed by atoms with Crippen molar-refractivity contribution in [2.24, 2.45) is 5.73 Å². The van der Waals surface area contributed by atoms with E-state index < -0.39 is 17.6 Å². The summed E-state index contributed by atoms with van der Waals surface area (Å²) >= 11 is 0. The van der Waals surface area contributed by atoms with Crippen LogP contribution in [0.1, 0.15) is 31.2 Å². The number of anilines is 1. The molecule has 1 saturated heterocycles. The maximum Gasteiger partial charge on any atom is 0.416 e. The second-order valence-corrected chi connectivity index (χ2v) is 5.08. The Morgan fingerprint density at radius 3 is 2.60 bits per heavy atom. The lowest BCUT2D eigenvalue weighted by Gasteiger charge is -2.37. The van der Waals surface area contributed by atoms with Gasteiger partial charge in [-0.05, 0) is 50.4 Å². The second-order valence-electron chi connectivity index (χ2n) is 5.08. The average Bonchev–Trinajstić information content (AvgIpc) is 2.39. The number of benzene rings is 1. The van der Waals surface area contributed by atoms with Crippen molar-refractivity contribution < 1.29 is 17.6 Å². The van der Waals surface area contributed by atoms with Crippen molar-refractivity contribution in [2.45, 2.75) is 37.9 Å². The Morgan fingerprint density at radius 1 is 1.25 bits per heavy atom. The summed E-state index contributed by atoms with van der Waals surface area (Å²) in [7, 11) is 0. The molecule has 20 heavy (non-hydrogen) atoms. The molecule has 0 amide bonds. The first-order valence-corrected chi connectivity index (χ1v) is 6.77. The van der Waals surface area contributed by atoms with Crippen molar-refractivity contribution in [1.29, 1.82) is 0 Å². The molecule has 0 saturated carbocycles. The second kappa shape index (κ2) is 5.99. The fourth-order valence-corrected chi connectivity index (χ4v) is 2.73. The highest BCUT2D eigenvalue weighted by atomic mass is 19.4. The highest BCUT2D eigenvalue weighted by Gasteiger charge is 2.32. The number of halogens is 4. The van der Waals surface area contributed by atoms with E-state index in [9.17, 15) is 17.6 Å². The minimum atomic E-state index is -4.52. The van der Waals surface area contributed by atoms with Gasteiger partial charge in [-0.3, -0.25) is 0 Å². The highest BCUT2D eigenvalue weighted by Crippen LogP contribution is 2.34. The molecule has 1 atom stereocenters. The number of rotatable bonds is 3. The van der Waals surface area contributed by atoms with Crippen molar-refractivity contribution in [3.63, 3.8) is 0 Å². The minimum absolute atomic E-state index is 0.111. The molecule has 0 radical (unpaired) electrons. The summed E-state index contributed by atoms with van der Waals surface area (Å²) in [5.74, 6) is -0.816. The zero-order chi connectivity index (χ0) is 14.8. The third-order valence-electron chi connectivity index (χ3n) is 3.71. The van der Waals surface area contributed by atoms with E-state index in [2.05, 4.69) is 0 Å². The molecule has 0 bridgehead atoms. The zero-order valence-electron chi connectivity index (χ0n) is 11.1. The van der Waals surface area contributed by atoms with Crippen LogP contribution in [0.2, 0.25) is 0 Å². The smallest absolute Gasteiger partial charge is 0.366 e. The van der Waals surface area contributed by atoms with Gasteiger partial charge in [0.15, 0.2) is 0 Å². The maximum absolute atomic E-state index is 14.0. The van der Waals surface area contributed by atoms with Gasteiger partial charge in [0.1, 0.15) is 5.82 Å². The molecule has 1 aliphatic rings. The summed E-state index contributed by atoms with van der Waals surface area (Å²) in [6.45, 7) is 1.15. The number of piperidine rings is 1. The van der Waals surface area contributed by atoms with E-state index in [1.165, 1.54) is 6.07 Å². The lowest BCUT2D eigenvalue weighted by atomic mass is 9.98. The monoisotopic (exact) mass is 290 g/mol. The van der Waals surface area contributed by atoms with Crippen LogP contribution in [0.3, 0.4) is 0 Å². The van der Waals surface area contributed by atoms with Crippen molar-refractivity contribution in [3.05, 3.63) is 29.6 Å². The molecule has 1 heterocycles. The largest absolute Gasteiger partial charge is 0.416 e. The summed E-state index contributed by atoms with van der Waals surface area (Å²) in [6.07, 6.45) is -0.930. The van der Waals surface area contributed by atoms with E-state index in [-0.39, 0.29) is 11.7 Å². The maximum atomic E-state index is 14.0. The third kappa shape index (κ3) is 3.23. The van der Waals surface area contributed by atoms with E-state index >= 15 is 0 Å². The van der Waals surface area contributed by atoms with E-state index in [0.717, 1.165) is 31.7 Å². The van der Waals surface area contributed by atoms with Crippen molar-refractivity contribution in [2.75, 3.05) is 18.0 Å². The summed E-state index contributed by atoms with van der Waals surface area (Å²) in [6, 6.07) is 2.85. The number of nitrogens with zero attached hydrogens (tertiary/aromatic N) is 1. The van der Waals surface area contributed by atoms with Gasteiger partial charge >= 0.3 is 6.18 Å². The van der Waals surface area contributed by atoms with Crippen LogP contribution in [0.4, 0.5) is 23.2 Å². The molecule has 6 heteroatoms. The van der Waals surface area contributed by atoms with Crippen LogP contribution in [0, 0.1) is 5.82 Å². The Kier molecular flexibility index (Phi) is 4.52. The average molecular weight is 290 g/mol. The Hall–Kier alpha value is -1.30. The molecule has 1 fully saturated rings. The molecule has 1 unspecified atom stereocenters. The number of hydrogen-bond donors (Lipinski definition) is 1. The fourth-order valence-electron chi connectivity index (χ4n) is 2.73. The molecule has 2 nitrogen and oxygen atoms in total. The quantitative estimate of drug-likeness (QED) is 0.863. The van der Waals surface area contributed by atoms with Crippen molar-refractivity contribution in [1.82, 2.24) is 0 Å². The van der Waals surface area contributed by atoms with Gasteiger partial charge in [0, 0.05) is 12.6 Å². The molecule has 1 aromatic carbocycles. The molecule has 2 N–H and O–H groups in total. The predicted molar refractivity (Wildman–Crippen MR) is 70.1 cm³/mol. The summed E-state index contributed by atoms with van der Waals surface area (Å²) in [4.78, 5) is 1.85. The first-order valence-electron chi connectivity index (χ1n) is 6.77. The van der Waals surface area contributed by atoms with Gasteiger partial charge in [0.2, 0.25) is 0 Å². The van der Waals surface area contributed by atoms with Crippen molar-refractivity contribution in [3.8, 4) is 0 Å². The SMILES string of the molecule is NCCC1CCCCN1c1ccc(C(F)(F)F)cc1F. The van der Waals surface area contributed by atoms with Gasteiger partial charge in [-0.1, -0.05) is 0 Å². The lowest BCUT2D eigenvalue weighted by molar-refractivity contribution is -0.137. The Balaban J connectivity index is 2.27. The lowest BCUT2D eigenvalue weighted by Crippen LogP contribution is -2.41. The van der Waals surface area contributed by atoms with Crippen LogP contribution in [0.15, 0.2) is 18.2 Å². The van der Waals surface area contributed by atoms with Crippen LogP contribution < -0.4 is 10.6 Å². The van der Waals surface area contributed by atoms with Crippen LogP contribution in [0.25, 0.3) is 0 Å². The predicted octanol–water partition coefficient (Wildman–Crippen LogP) is 3.55. The number of alkyl halides is 3.